The van der Waals surface area contributed by atoms with Gasteiger partial charge in [-0.05, 0) is 24.4 Å². The van der Waals surface area contributed by atoms with Gasteiger partial charge in [-0.15, -0.1) is 0 Å². The number of nitrogen functional groups attached to an aromatic ring is 1. The number of nitrogens with zero attached hydrogens (tertiary/aromatic N) is 1. The Hall–Kier alpha value is -1.39. The summed E-state index contributed by atoms with van der Waals surface area (Å²) < 4.78 is 5.06. The van der Waals surface area contributed by atoms with Crippen LogP contribution in [0.15, 0.2) is 6.07 Å². The van der Waals surface area contributed by atoms with Crippen molar-refractivity contribution in [3.8, 4) is 5.88 Å². The fourth-order valence-corrected chi connectivity index (χ4v) is 1.49. The number of anilines is 2. The van der Waals surface area contributed by atoms with E-state index in [1.165, 1.54) is 7.11 Å². The lowest BCUT2D eigenvalue weighted by atomic mass is 9.97. The highest BCUT2D eigenvalue weighted by Crippen LogP contribution is 2.19. The van der Waals surface area contributed by atoms with E-state index in [-0.39, 0.29) is 0 Å². The van der Waals surface area contributed by atoms with E-state index < -0.39 is 0 Å². The van der Waals surface area contributed by atoms with Crippen LogP contribution in [0.25, 0.3) is 0 Å². The number of methoxy groups -OCH3 is 1. The molecule has 1 rings (SSSR count). The maximum absolute atomic E-state index is 5.84. The third-order valence-electron chi connectivity index (χ3n) is 2.56. The summed E-state index contributed by atoms with van der Waals surface area (Å²) in [7, 11) is 7.24. The van der Waals surface area contributed by atoms with Crippen LogP contribution in [0.1, 0.15) is 26.7 Å². The van der Waals surface area contributed by atoms with Gasteiger partial charge in [0, 0.05) is 6.04 Å². The molecule has 0 fully saturated rings. The Labute approximate surface area is 98.0 Å². The summed E-state index contributed by atoms with van der Waals surface area (Å²) in [6, 6.07) is 2.03. The molecule has 86 valence electrons. The van der Waals surface area contributed by atoms with Crippen LogP contribution in [-0.2, 0) is 0 Å². The predicted octanol–water partition coefficient (Wildman–Crippen LogP) is 1.07. The summed E-state index contributed by atoms with van der Waals surface area (Å²) >= 11 is 0. The quantitative estimate of drug-likeness (QED) is 0.727. The van der Waals surface area contributed by atoms with Gasteiger partial charge in [-0.25, -0.2) is 0 Å². The Morgan fingerprint density at radius 1 is 1.50 bits per heavy atom. The molecule has 1 aromatic heterocycles. The molecule has 16 heavy (non-hydrogen) atoms. The van der Waals surface area contributed by atoms with Gasteiger partial charge in [0.1, 0.15) is 7.85 Å². The third-order valence-corrected chi connectivity index (χ3v) is 2.56. The largest absolute Gasteiger partial charge is 0.481 e. The number of hydrogen-bond donors (Lipinski definition) is 2. The van der Waals surface area contributed by atoms with Crippen LogP contribution in [-0.4, -0.2) is 26.0 Å². The van der Waals surface area contributed by atoms with E-state index in [4.69, 9.17) is 18.3 Å². The van der Waals surface area contributed by atoms with Gasteiger partial charge in [0.2, 0.25) is 5.88 Å². The number of ether oxygens (including phenoxy) is 1. The monoisotopic (exact) mass is 219 g/mol. The summed E-state index contributed by atoms with van der Waals surface area (Å²) in [4.78, 5) is 4.24. The van der Waals surface area contributed by atoms with E-state index in [9.17, 15) is 0 Å². The second-order valence-electron chi connectivity index (χ2n) is 3.68. The molecule has 0 bridgehead atoms. The van der Waals surface area contributed by atoms with E-state index in [1.807, 2.05) is 0 Å². The molecular weight excluding hydrogens is 201 g/mol. The number of nitrogens with two attached hydrogens (primary N) is 1. The van der Waals surface area contributed by atoms with Gasteiger partial charge in [0.05, 0.1) is 12.8 Å². The maximum atomic E-state index is 5.84. The van der Waals surface area contributed by atoms with Crippen molar-refractivity contribution in [2.45, 2.75) is 32.7 Å². The standard InChI is InChI=1S/C11H18BN3O/c1-4-7(5-2)14-10-9(13)6-8(12)11(15-10)16-3/h6-7H,4-5,13H2,1-3H3,(H,14,15). The molecule has 0 saturated heterocycles. The molecule has 4 nitrogen and oxygen atoms in total. The summed E-state index contributed by atoms with van der Waals surface area (Å²) in [5.74, 6) is 1.04. The zero-order valence-electron chi connectivity index (χ0n) is 10.1. The van der Waals surface area contributed by atoms with Crippen molar-refractivity contribution in [1.29, 1.82) is 0 Å². The van der Waals surface area contributed by atoms with Crippen molar-refractivity contribution in [2.24, 2.45) is 0 Å². The van der Waals surface area contributed by atoms with E-state index in [0.717, 1.165) is 12.8 Å². The van der Waals surface area contributed by atoms with E-state index in [2.05, 4.69) is 24.1 Å². The van der Waals surface area contributed by atoms with E-state index in [1.54, 1.807) is 6.07 Å². The lowest BCUT2D eigenvalue weighted by Gasteiger charge is -2.18. The lowest BCUT2D eigenvalue weighted by molar-refractivity contribution is 0.402. The molecular formula is C11H18BN3O. The first kappa shape index (κ1) is 12.7. The van der Waals surface area contributed by atoms with Crippen molar-refractivity contribution in [2.75, 3.05) is 18.2 Å². The SMILES string of the molecule is [B]c1cc(N)c(NC(CC)CC)nc1OC. The summed E-state index contributed by atoms with van der Waals surface area (Å²) in [5, 5.41) is 3.28. The summed E-state index contributed by atoms with van der Waals surface area (Å²) in [6.07, 6.45) is 2.04. The molecule has 0 spiro atoms. The van der Waals surface area contributed by atoms with Crippen molar-refractivity contribution in [3.63, 3.8) is 0 Å². The highest BCUT2D eigenvalue weighted by molar-refractivity contribution is 6.34. The molecule has 1 heterocycles. The number of rotatable bonds is 5. The van der Waals surface area contributed by atoms with Gasteiger partial charge >= 0.3 is 0 Å². The normalized spacial score (nSPS) is 10.5. The zero-order chi connectivity index (χ0) is 12.1. The van der Waals surface area contributed by atoms with Crippen LogP contribution < -0.4 is 21.3 Å². The molecule has 0 amide bonds. The van der Waals surface area contributed by atoms with Gasteiger partial charge in [-0.2, -0.15) is 4.98 Å². The van der Waals surface area contributed by atoms with Crippen molar-refractivity contribution < 1.29 is 4.74 Å². The minimum Gasteiger partial charge on any atom is -0.481 e. The van der Waals surface area contributed by atoms with Crippen LogP contribution >= 0.6 is 0 Å². The first-order valence-corrected chi connectivity index (χ1v) is 5.48. The van der Waals surface area contributed by atoms with Gasteiger partial charge in [0.25, 0.3) is 0 Å². The van der Waals surface area contributed by atoms with Crippen LogP contribution in [0.5, 0.6) is 5.88 Å². The predicted molar refractivity (Wildman–Crippen MR) is 68.6 cm³/mol. The number of pyridine rings is 1. The minimum absolute atomic E-state index is 0.364. The van der Waals surface area contributed by atoms with E-state index in [0.29, 0.717) is 28.9 Å². The van der Waals surface area contributed by atoms with Crippen molar-refractivity contribution in [1.82, 2.24) is 4.98 Å². The van der Waals surface area contributed by atoms with E-state index >= 15 is 0 Å². The molecule has 0 atom stereocenters. The van der Waals surface area contributed by atoms with Gasteiger partial charge in [-0.3, -0.25) is 0 Å². The Morgan fingerprint density at radius 2 is 2.12 bits per heavy atom. The minimum atomic E-state index is 0.364. The molecule has 2 radical (unpaired) electrons. The molecule has 5 heteroatoms. The topological polar surface area (TPSA) is 60.2 Å². The summed E-state index contributed by atoms with van der Waals surface area (Å²) in [5.41, 5.74) is 6.84. The first-order valence-electron chi connectivity index (χ1n) is 5.48. The van der Waals surface area contributed by atoms with Crippen molar-refractivity contribution in [3.05, 3.63) is 6.07 Å². The lowest BCUT2D eigenvalue weighted by Crippen LogP contribution is -2.21. The molecule has 0 aliphatic rings. The highest BCUT2D eigenvalue weighted by atomic mass is 16.5. The molecule has 3 N–H and O–H groups in total. The summed E-state index contributed by atoms with van der Waals surface area (Å²) in [6.45, 7) is 4.23. The molecule has 0 aliphatic carbocycles. The Kier molecular flexibility index (Phi) is 4.46. The fraction of sp³-hybridized carbons (Fsp3) is 0.545. The van der Waals surface area contributed by atoms with Crippen molar-refractivity contribution >= 4 is 24.8 Å². The molecule has 0 aromatic carbocycles. The Morgan fingerprint density at radius 3 is 2.62 bits per heavy atom. The Balaban J connectivity index is 2.95. The van der Waals surface area contributed by atoms with Gasteiger partial charge in [-0.1, -0.05) is 13.8 Å². The Bertz CT molecular complexity index is 353. The molecule has 0 unspecified atom stereocenters. The van der Waals surface area contributed by atoms with Crippen LogP contribution in [0.4, 0.5) is 11.5 Å². The van der Waals surface area contributed by atoms with Crippen LogP contribution in [0.2, 0.25) is 0 Å². The number of aromatic nitrogens is 1. The van der Waals surface area contributed by atoms with Gasteiger partial charge < -0.3 is 15.8 Å². The average Bonchev–Trinajstić information content (AvgIpc) is 2.28. The molecule has 0 aliphatic heterocycles. The maximum Gasteiger partial charge on any atom is 0.207 e. The van der Waals surface area contributed by atoms with Crippen LogP contribution in [0, 0.1) is 0 Å². The number of hydrogen-bond acceptors (Lipinski definition) is 4. The molecule has 0 saturated carbocycles. The highest BCUT2D eigenvalue weighted by Gasteiger charge is 2.10. The second kappa shape index (κ2) is 5.63. The molecule has 1 aromatic rings. The van der Waals surface area contributed by atoms with Crippen LogP contribution in [0.3, 0.4) is 0 Å². The second-order valence-corrected chi connectivity index (χ2v) is 3.68. The third kappa shape index (κ3) is 2.81. The number of nitrogens with one attached hydrogen (secondary N) is 1. The average molecular weight is 219 g/mol. The van der Waals surface area contributed by atoms with Gasteiger partial charge in [0.15, 0.2) is 5.82 Å². The fourth-order valence-electron chi connectivity index (χ4n) is 1.49. The smallest absolute Gasteiger partial charge is 0.207 e. The first-order chi connectivity index (χ1) is 7.62. The zero-order valence-corrected chi connectivity index (χ0v) is 10.1.